The summed E-state index contributed by atoms with van der Waals surface area (Å²) in [5.41, 5.74) is 2.11. The van der Waals surface area contributed by atoms with E-state index in [9.17, 15) is 4.79 Å². The van der Waals surface area contributed by atoms with Crippen LogP contribution in [0.4, 0.5) is 0 Å². The molecule has 0 spiro atoms. The maximum Gasteiger partial charge on any atom is 0.300 e. The first-order valence-corrected chi connectivity index (χ1v) is 9.42. The predicted molar refractivity (Wildman–Crippen MR) is 102 cm³/mol. The molecule has 2 aromatic heterocycles. The number of carbonyl (C=O) groups is 1. The summed E-state index contributed by atoms with van der Waals surface area (Å²) in [5.74, 6) is 3.60. The lowest BCUT2D eigenvalue weighted by molar-refractivity contribution is 0.0992. The van der Waals surface area contributed by atoms with E-state index in [4.69, 9.17) is 15.9 Å². The molecule has 0 saturated carbocycles. The minimum atomic E-state index is -0.389. The summed E-state index contributed by atoms with van der Waals surface area (Å²) in [4.78, 5) is 17.5. The molecule has 1 aliphatic heterocycles. The van der Waals surface area contributed by atoms with Gasteiger partial charge in [-0.25, -0.2) is 0 Å². The summed E-state index contributed by atoms with van der Waals surface area (Å²) in [6, 6.07) is 5.53. The van der Waals surface area contributed by atoms with Crippen LogP contribution in [0.3, 0.4) is 0 Å². The average Bonchev–Trinajstić information content (AvgIpc) is 3.20. The fourth-order valence-corrected chi connectivity index (χ4v) is 4.05. The molecule has 7 nitrogen and oxygen atoms in total. The number of aromatic nitrogens is 3. The highest BCUT2D eigenvalue weighted by molar-refractivity contribution is 7.16. The van der Waals surface area contributed by atoms with Crippen LogP contribution in [0.5, 0.6) is 11.5 Å². The van der Waals surface area contributed by atoms with Gasteiger partial charge >= 0.3 is 0 Å². The zero-order chi connectivity index (χ0) is 19.0. The number of carbonyl (C=O) groups excluding carboxylic acids is 1. The second-order valence-electron chi connectivity index (χ2n) is 6.04. The summed E-state index contributed by atoms with van der Waals surface area (Å²) >= 11 is 1.39. The van der Waals surface area contributed by atoms with Crippen LogP contribution in [0.15, 0.2) is 23.2 Å². The summed E-state index contributed by atoms with van der Waals surface area (Å²) in [6.45, 7) is 5.91. The van der Waals surface area contributed by atoms with Crippen molar-refractivity contribution in [2.75, 3.05) is 13.2 Å². The normalized spacial score (nSPS) is 13.7. The minimum Gasteiger partial charge on any atom is -0.486 e. The first-order valence-electron chi connectivity index (χ1n) is 8.60. The second kappa shape index (κ2) is 6.93. The van der Waals surface area contributed by atoms with Gasteiger partial charge in [0.05, 0.1) is 16.8 Å². The summed E-state index contributed by atoms with van der Waals surface area (Å²) in [5, 5.41) is 4.31. The maximum atomic E-state index is 12.6. The highest BCUT2D eigenvalue weighted by Gasteiger charge is 2.17. The van der Waals surface area contributed by atoms with Crippen molar-refractivity contribution in [2.45, 2.75) is 26.9 Å². The van der Waals surface area contributed by atoms with E-state index in [-0.39, 0.29) is 5.91 Å². The van der Waals surface area contributed by atoms with Gasteiger partial charge in [-0.15, -0.1) is 6.42 Å². The van der Waals surface area contributed by atoms with Gasteiger partial charge in [0.25, 0.3) is 5.91 Å². The number of rotatable bonds is 3. The fourth-order valence-electron chi connectivity index (χ4n) is 3.01. The number of ether oxygens (including phenoxy) is 2. The predicted octanol–water partition coefficient (Wildman–Crippen LogP) is 2.37. The Labute approximate surface area is 159 Å². The van der Waals surface area contributed by atoms with Gasteiger partial charge in [0.1, 0.15) is 13.2 Å². The third kappa shape index (κ3) is 3.11. The lowest BCUT2D eigenvalue weighted by Gasteiger charge is -2.18. The number of fused-ring (bicyclic) bond motifs is 2. The monoisotopic (exact) mass is 382 g/mol. The van der Waals surface area contributed by atoms with Crippen LogP contribution in [-0.2, 0) is 13.1 Å². The van der Waals surface area contributed by atoms with Crippen molar-refractivity contribution in [2.24, 2.45) is 4.99 Å². The van der Waals surface area contributed by atoms with Gasteiger partial charge in [-0.3, -0.25) is 9.48 Å². The van der Waals surface area contributed by atoms with Crippen LogP contribution in [0, 0.1) is 19.3 Å². The number of aryl methyl sites for hydroxylation is 2. The number of thiazole rings is 1. The molecule has 0 saturated heterocycles. The van der Waals surface area contributed by atoms with E-state index in [1.165, 1.54) is 11.3 Å². The third-order valence-electron chi connectivity index (χ3n) is 4.29. The SMILES string of the molecule is C#CCn1c(=NC(=O)c2cc(C)n(CC)n2)sc2cc3c(cc21)OCCO3. The van der Waals surface area contributed by atoms with Crippen molar-refractivity contribution in [3.63, 3.8) is 0 Å². The zero-order valence-electron chi connectivity index (χ0n) is 15.1. The molecule has 0 unspecified atom stereocenters. The van der Waals surface area contributed by atoms with Crippen LogP contribution in [0.1, 0.15) is 23.1 Å². The average molecular weight is 382 g/mol. The molecule has 1 aromatic carbocycles. The summed E-state index contributed by atoms with van der Waals surface area (Å²) in [6.07, 6.45) is 5.54. The number of terminal acetylenes is 1. The van der Waals surface area contributed by atoms with E-state index in [1.807, 2.05) is 30.5 Å². The second-order valence-corrected chi connectivity index (χ2v) is 7.05. The molecule has 138 valence electrons. The molecule has 4 rings (SSSR count). The van der Waals surface area contributed by atoms with Crippen LogP contribution in [-0.4, -0.2) is 33.5 Å². The molecule has 1 amide bonds. The molecule has 3 aromatic rings. The summed E-state index contributed by atoms with van der Waals surface area (Å²) in [7, 11) is 0. The van der Waals surface area contributed by atoms with Crippen molar-refractivity contribution in [3.05, 3.63) is 34.4 Å². The number of hydrogen-bond acceptors (Lipinski definition) is 5. The van der Waals surface area contributed by atoms with E-state index in [0.29, 0.717) is 48.3 Å². The van der Waals surface area contributed by atoms with Gasteiger partial charge in [-0.1, -0.05) is 17.3 Å². The quantitative estimate of drug-likeness (QED) is 0.652. The van der Waals surface area contributed by atoms with Crippen molar-refractivity contribution >= 4 is 27.5 Å². The Bertz CT molecular complexity index is 1150. The van der Waals surface area contributed by atoms with Crippen LogP contribution < -0.4 is 14.3 Å². The van der Waals surface area contributed by atoms with Gasteiger partial charge in [-0.05, 0) is 19.9 Å². The standard InChI is InChI=1S/C19H18N4O3S/c1-4-6-22-14-10-15-16(26-8-7-25-15)11-17(14)27-19(22)20-18(24)13-9-12(3)23(5-2)21-13/h1,9-11H,5-8H2,2-3H3. The Morgan fingerprint density at radius 3 is 2.74 bits per heavy atom. The van der Waals surface area contributed by atoms with Gasteiger partial charge in [0.2, 0.25) is 0 Å². The van der Waals surface area contributed by atoms with Gasteiger partial charge in [0, 0.05) is 24.4 Å². The molecule has 27 heavy (non-hydrogen) atoms. The Kier molecular flexibility index (Phi) is 4.46. The van der Waals surface area contributed by atoms with E-state index in [1.54, 1.807) is 10.7 Å². The Morgan fingerprint density at radius 1 is 1.33 bits per heavy atom. The molecular formula is C19H18N4O3S. The van der Waals surface area contributed by atoms with E-state index < -0.39 is 0 Å². The molecule has 0 atom stereocenters. The molecule has 1 aliphatic rings. The number of amides is 1. The first kappa shape index (κ1) is 17.4. The highest BCUT2D eigenvalue weighted by atomic mass is 32.1. The molecule has 0 fully saturated rings. The molecule has 0 N–H and O–H groups in total. The smallest absolute Gasteiger partial charge is 0.300 e. The first-order chi connectivity index (χ1) is 13.1. The highest BCUT2D eigenvalue weighted by Crippen LogP contribution is 2.35. The van der Waals surface area contributed by atoms with Crippen LogP contribution in [0.25, 0.3) is 10.2 Å². The fraction of sp³-hybridized carbons (Fsp3) is 0.316. The summed E-state index contributed by atoms with van der Waals surface area (Å²) < 4.78 is 15.8. The van der Waals surface area contributed by atoms with Crippen molar-refractivity contribution in [1.29, 1.82) is 0 Å². The van der Waals surface area contributed by atoms with Crippen molar-refractivity contribution in [3.8, 4) is 23.8 Å². The number of benzene rings is 1. The lowest BCUT2D eigenvalue weighted by Crippen LogP contribution is -2.17. The third-order valence-corrected chi connectivity index (χ3v) is 5.33. The molecule has 0 radical (unpaired) electrons. The van der Waals surface area contributed by atoms with Gasteiger partial charge in [-0.2, -0.15) is 10.1 Å². The zero-order valence-corrected chi connectivity index (χ0v) is 15.9. The Balaban J connectivity index is 1.84. The van der Waals surface area contributed by atoms with Gasteiger partial charge in [0.15, 0.2) is 22.0 Å². The van der Waals surface area contributed by atoms with Crippen molar-refractivity contribution in [1.82, 2.24) is 14.3 Å². The maximum absolute atomic E-state index is 12.6. The molecule has 0 aliphatic carbocycles. The van der Waals surface area contributed by atoms with E-state index in [0.717, 1.165) is 15.9 Å². The van der Waals surface area contributed by atoms with E-state index >= 15 is 0 Å². The molecular weight excluding hydrogens is 364 g/mol. The Morgan fingerprint density at radius 2 is 2.07 bits per heavy atom. The molecule has 3 heterocycles. The van der Waals surface area contributed by atoms with Crippen molar-refractivity contribution < 1.29 is 14.3 Å². The minimum absolute atomic E-state index is 0.300. The van der Waals surface area contributed by atoms with Gasteiger partial charge < -0.3 is 14.0 Å². The lowest BCUT2D eigenvalue weighted by atomic mass is 10.2. The largest absolute Gasteiger partial charge is 0.486 e. The number of hydrogen-bond donors (Lipinski definition) is 0. The number of nitrogens with zero attached hydrogens (tertiary/aromatic N) is 4. The van der Waals surface area contributed by atoms with Crippen LogP contribution >= 0.6 is 11.3 Å². The van der Waals surface area contributed by atoms with E-state index in [2.05, 4.69) is 16.0 Å². The van der Waals surface area contributed by atoms with Crippen LogP contribution in [0.2, 0.25) is 0 Å². The molecule has 0 bridgehead atoms. The Hall–Kier alpha value is -3.05. The topological polar surface area (TPSA) is 70.6 Å². The molecule has 8 heteroatoms.